The molecule has 52 valence electrons. The van der Waals surface area contributed by atoms with E-state index in [1.165, 1.54) is 0 Å². The lowest BCUT2D eigenvalue weighted by atomic mass is 10.1. The Bertz CT molecular complexity index is 356. The molecule has 0 N–H and O–H groups in total. The molecule has 0 aliphatic carbocycles. The zero-order chi connectivity index (χ0) is 7.84. The Kier molecular flexibility index (Phi) is 1.18. The van der Waals surface area contributed by atoms with Crippen LogP contribution >= 0.6 is 0 Å². The fourth-order valence-corrected chi connectivity index (χ4v) is 0.864. The summed E-state index contributed by atoms with van der Waals surface area (Å²) in [6.45, 7) is 11.0. The van der Waals surface area contributed by atoms with Gasteiger partial charge in [0.2, 0.25) is 0 Å². The summed E-state index contributed by atoms with van der Waals surface area (Å²) in [4.78, 5) is 0. The van der Waals surface area contributed by atoms with Crippen molar-refractivity contribution in [2.45, 2.75) is 0 Å². The van der Waals surface area contributed by atoms with Crippen LogP contribution in [-0.2, 0) is 0 Å². The van der Waals surface area contributed by atoms with Crippen LogP contribution in [0.15, 0.2) is 16.8 Å². The van der Waals surface area contributed by atoms with E-state index < -0.39 is 0 Å². The first-order valence-electron chi connectivity index (χ1n) is 3.04. The van der Waals surface area contributed by atoms with Crippen molar-refractivity contribution >= 4 is 11.0 Å². The highest BCUT2D eigenvalue weighted by molar-refractivity contribution is 5.75. The standard InChI is InChI=1S/C8H4N2O/c1-5-3-7-8(4-6(5)2)10-11-9-7/h1-4H. The Morgan fingerprint density at radius 2 is 1.45 bits per heavy atom. The van der Waals surface area contributed by atoms with Crippen LogP contribution in [0.25, 0.3) is 11.0 Å². The van der Waals surface area contributed by atoms with E-state index in [1.807, 2.05) is 0 Å². The fraction of sp³-hybridized carbons (Fsp3) is 0. The van der Waals surface area contributed by atoms with E-state index in [0.29, 0.717) is 22.2 Å². The third-order valence-corrected chi connectivity index (χ3v) is 1.46. The molecule has 1 aromatic heterocycles. The minimum atomic E-state index is 0.494. The zero-order valence-electron chi connectivity index (χ0n) is 5.61. The summed E-state index contributed by atoms with van der Waals surface area (Å²) in [7, 11) is 0. The van der Waals surface area contributed by atoms with Gasteiger partial charge in [0, 0.05) is 0 Å². The van der Waals surface area contributed by atoms with Gasteiger partial charge in [0.05, 0.1) is 0 Å². The highest BCUT2D eigenvalue weighted by Gasteiger charge is 2.01. The van der Waals surface area contributed by atoms with Gasteiger partial charge in [-0.05, 0) is 47.4 Å². The summed E-state index contributed by atoms with van der Waals surface area (Å²) >= 11 is 0. The predicted molar refractivity (Wildman–Crippen MR) is 38.6 cm³/mol. The molecule has 1 heterocycles. The number of nitrogens with zero attached hydrogens (tertiary/aromatic N) is 2. The van der Waals surface area contributed by atoms with Crippen LogP contribution in [0.5, 0.6) is 0 Å². The van der Waals surface area contributed by atoms with Crippen LogP contribution in [0.3, 0.4) is 0 Å². The van der Waals surface area contributed by atoms with E-state index in [-0.39, 0.29) is 0 Å². The van der Waals surface area contributed by atoms with Crippen molar-refractivity contribution in [2.24, 2.45) is 0 Å². The van der Waals surface area contributed by atoms with Gasteiger partial charge in [-0.3, -0.25) is 0 Å². The quantitative estimate of drug-likeness (QED) is 0.560. The lowest BCUT2D eigenvalue weighted by Gasteiger charge is -1.94. The number of hydrogen-bond acceptors (Lipinski definition) is 3. The van der Waals surface area contributed by atoms with Crippen molar-refractivity contribution in [3.8, 4) is 0 Å². The predicted octanol–water partition coefficient (Wildman–Crippen LogP) is 1.34. The Hall–Kier alpha value is -1.38. The maximum atomic E-state index is 5.51. The Morgan fingerprint density at radius 1 is 1.00 bits per heavy atom. The zero-order valence-corrected chi connectivity index (χ0v) is 5.61. The van der Waals surface area contributed by atoms with Gasteiger partial charge in [-0.25, -0.2) is 4.63 Å². The molecule has 1 aromatic carbocycles. The molecule has 2 rings (SSSR count). The molecule has 0 aliphatic heterocycles. The van der Waals surface area contributed by atoms with Gasteiger partial charge in [0.25, 0.3) is 0 Å². The van der Waals surface area contributed by atoms with E-state index in [0.717, 1.165) is 0 Å². The first-order chi connectivity index (χ1) is 5.27. The summed E-state index contributed by atoms with van der Waals surface area (Å²) < 4.78 is 4.46. The maximum absolute atomic E-state index is 5.51. The molecule has 0 fully saturated rings. The molecule has 0 aliphatic rings. The molecule has 0 saturated heterocycles. The van der Waals surface area contributed by atoms with E-state index in [4.69, 9.17) is 13.8 Å². The third-order valence-electron chi connectivity index (χ3n) is 1.46. The fourth-order valence-electron chi connectivity index (χ4n) is 0.864. The van der Waals surface area contributed by atoms with Crippen LogP contribution in [0, 0.1) is 13.8 Å². The lowest BCUT2D eigenvalue weighted by molar-refractivity contribution is 0.315. The molecule has 0 amide bonds. The number of aromatic nitrogens is 2. The highest BCUT2D eigenvalue weighted by Crippen LogP contribution is 2.14. The molecule has 0 unspecified atom stereocenters. The van der Waals surface area contributed by atoms with E-state index in [9.17, 15) is 0 Å². The first-order valence-corrected chi connectivity index (χ1v) is 3.04. The van der Waals surface area contributed by atoms with Crippen molar-refractivity contribution in [3.05, 3.63) is 37.1 Å². The monoisotopic (exact) mass is 144 g/mol. The van der Waals surface area contributed by atoms with Crippen LogP contribution < -0.4 is 0 Å². The second-order valence-electron chi connectivity index (χ2n) is 2.23. The van der Waals surface area contributed by atoms with Crippen molar-refractivity contribution in [1.29, 1.82) is 0 Å². The number of benzene rings is 1. The number of hydrogen-bond donors (Lipinski definition) is 0. The molecular formula is C8H4N2O. The van der Waals surface area contributed by atoms with Crippen LogP contribution in [-0.4, -0.2) is 10.3 Å². The molecule has 2 aromatic rings. The van der Waals surface area contributed by atoms with Crippen molar-refractivity contribution < 1.29 is 4.63 Å². The summed E-state index contributed by atoms with van der Waals surface area (Å²) in [5, 5.41) is 7.20. The van der Waals surface area contributed by atoms with Crippen LogP contribution in [0.4, 0.5) is 0 Å². The molecule has 11 heavy (non-hydrogen) atoms. The Balaban J connectivity index is 2.86. The Labute approximate surface area is 64.0 Å². The topological polar surface area (TPSA) is 38.9 Å². The van der Waals surface area contributed by atoms with Gasteiger partial charge in [-0.15, -0.1) is 0 Å². The van der Waals surface area contributed by atoms with E-state index in [1.54, 1.807) is 12.1 Å². The van der Waals surface area contributed by atoms with Crippen LogP contribution in [0.1, 0.15) is 11.1 Å². The minimum Gasteiger partial charge on any atom is -0.243 e. The van der Waals surface area contributed by atoms with Gasteiger partial charge in [0.1, 0.15) is 11.0 Å². The average molecular weight is 144 g/mol. The lowest BCUT2D eigenvalue weighted by Crippen LogP contribution is -1.79. The summed E-state index contributed by atoms with van der Waals surface area (Å²) in [6.07, 6.45) is 0. The Morgan fingerprint density at radius 3 is 1.91 bits per heavy atom. The molecule has 4 radical (unpaired) electrons. The summed E-state index contributed by atoms with van der Waals surface area (Å²) in [5.74, 6) is 0. The van der Waals surface area contributed by atoms with Gasteiger partial charge in [-0.1, -0.05) is 0 Å². The third kappa shape index (κ3) is 0.888. The van der Waals surface area contributed by atoms with E-state index >= 15 is 0 Å². The van der Waals surface area contributed by atoms with Gasteiger partial charge in [-0.2, -0.15) is 0 Å². The van der Waals surface area contributed by atoms with Crippen molar-refractivity contribution in [1.82, 2.24) is 10.3 Å². The number of rotatable bonds is 0. The van der Waals surface area contributed by atoms with Gasteiger partial charge >= 0.3 is 0 Å². The second-order valence-corrected chi connectivity index (χ2v) is 2.23. The average Bonchev–Trinajstić information content (AvgIpc) is 2.36. The minimum absolute atomic E-state index is 0.494. The second kappa shape index (κ2) is 2.05. The molecule has 3 heteroatoms. The van der Waals surface area contributed by atoms with Crippen molar-refractivity contribution in [3.63, 3.8) is 0 Å². The van der Waals surface area contributed by atoms with Crippen LogP contribution in [0.2, 0.25) is 0 Å². The maximum Gasteiger partial charge on any atom is 0.135 e. The van der Waals surface area contributed by atoms with E-state index in [2.05, 4.69) is 14.9 Å². The molecule has 3 nitrogen and oxygen atoms in total. The summed E-state index contributed by atoms with van der Waals surface area (Å²) in [6, 6.07) is 3.25. The van der Waals surface area contributed by atoms with Crippen molar-refractivity contribution in [2.75, 3.05) is 0 Å². The normalized spacial score (nSPS) is 10.7. The van der Waals surface area contributed by atoms with Gasteiger partial charge < -0.3 is 0 Å². The first kappa shape index (κ1) is 6.34. The molecule has 0 bridgehead atoms. The smallest absolute Gasteiger partial charge is 0.135 e. The van der Waals surface area contributed by atoms with Gasteiger partial charge in [0.15, 0.2) is 0 Å². The SMILES string of the molecule is [CH]c1cc2nonc2cc1[CH]. The highest BCUT2D eigenvalue weighted by atomic mass is 16.6. The summed E-state index contributed by atoms with van der Waals surface area (Å²) in [5.41, 5.74) is 2.23. The molecule has 0 saturated carbocycles. The molecular weight excluding hydrogens is 140 g/mol. The largest absolute Gasteiger partial charge is 0.243 e. The molecule has 0 spiro atoms. The molecule has 0 atom stereocenters. The number of fused-ring (bicyclic) bond motifs is 1.